The minimum absolute atomic E-state index is 0.137. The molecule has 24 heavy (non-hydrogen) atoms. The largest absolute Gasteiger partial charge is 0.491 e. The zero-order valence-electron chi connectivity index (χ0n) is 13.4. The van der Waals surface area contributed by atoms with Gasteiger partial charge in [-0.2, -0.15) is 5.10 Å². The zero-order chi connectivity index (χ0) is 16.9. The molecule has 1 saturated heterocycles. The SMILES string of the molecule is Cn1nc(C(=O)Nc2cccc(OCC3CCCO3)c2)ccc1=O. The highest BCUT2D eigenvalue weighted by Gasteiger charge is 2.16. The van der Waals surface area contributed by atoms with Crippen LogP contribution in [0.15, 0.2) is 41.2 Å². The summed E-state index contributed by atoms with van der Waals surface area (Å²) in [6.45, 7) is 1.29. The van der Waals surface area contributed by atoms with Gasteiger partial charge in [0.05, 0.1) is 6.10 Å². The van der Waals surface area contributed by atoms with Gasteiger partial charge in [-0.25, -0.2) is 4.68 Å². The van der Waals surface area contributed by atoms with E-state index in [4.69, 9.17) is 9.47 Å². The van der Waals surface area contributed by atoms with Gasteiger partial charge in [0.2, 0.25) is 0 Å². The maximum absolute atomic E-state index is 12.2. The van der Waals surface area contributed by atoms with E-state index >= 15 is 0 Å². The summed E-state index contributed by atoms with van der Waals surface area (Å²) in [6, 6.07) is 9.84. The van der Waals surface area contributed by atoms with Gasteiger partial charge < -0.3 is 14.8 Å². The molecule has 0 saturated carbocycles. The fourth-order valence-electron chi connectivity index (χ4n) is 2.45. The second-order valence-electron chi connectivity index (χ2n) is 5.61. The molecule has 1 atom stereocenters. The van der Waals surface area contributed by atoms with Crippen LogP contribution < -0.4 is 15.6 Å². The Bertz CT molecular complexity index is 781. The van der Waals surface area contributed by atoms with E-state index in [0.717, 1.165) is 24.1 Å². The molecule has 1 N–H and O–H groups in total. The summed E-state index contributed by atoms with van der Waals surface area (Å²) in [5, 5.41) is 6.67. The lowest BCUT2D eigenvalue weighted by atomic mass is 10.2. The van der Waals surface area contributed by atoms with Gasteiger partial charge >= 0.3 is 0 Å². The predicted molar refractivity (Wildman–Crippen MR) is 88.3 cm³/mol. The number of aryl methyl sites for hydroxylation is 1. The number of ether oxygens (including phenoxy) is 2. The molecule has 7 nitrogen and oxygen atoms in total. The topological polar surface area (TPSA) is 82.5 Å². The number of hydrogen-bond donors (Lipinski definition) is 1. The average molecular weight is 329 g/mol. The molecule has 1 fully saturated rings. The van der Waals surface area contributed by atoms with E-state index in [1.807, 2.05) is 6.07 Å². The third-order valence-electron chi connectivity index (χ3n) is 3.74. The number of nitrogens with zero attached hydrogens (tertiary/aromatic N) is 2. The van der Waals surface area contributed by atoms with Crippen LogP contribution in [0.3, 0.4) is 0 Å². The summed E-state index contributed by atoms with van der Waals surface area (Å²) in [5.41, 5.74) is 0.499. The highest BCUT2D eigenvalue weighted by Crippen LogP contribution is 2.20. The molecule has 1 aromatic carbocycles. The first kappa shape index (κ1) is 16.2. The van der Waals surface area contributed by atoms with Crippen molar-refractivity contribution in [2.75, 3.05) is 18.5 Å². The number of rotatable bonds is 5. The average Bonchev–Trinajstić information content (AvgIpc) is 3.09. The van der Waals surface area contributed by atoms with Crippen LogP contribution in [0.25, 0.3) is 0 Å². The van der Waals surface area contributed by atoms with Gasteiger partial charge in [-0.3, -0.25) is 9.59 Å². The molecule has 1 aliphatic heterocycles. The molecule has 2 heterocycles. The molecule has 1 aromatic heterocycles. The van der Waals surface area contributed by atoms with Crippen molar-refractivity contribution in [1.82, 2.24) is 9.78 Å². The number of carbonyl (C=O) groups is 1. The van der Waals surface area contributed by atoms with Crippen molar-refractivity contribution >= 4 is 11.6 Å². The van der Waals surface area contributed by atoms with Gasteiger partial charge in [-0.05, 0) is 31.0 Å². The third kappa shape index (κ3) is 3.99. The molecule has 1 unspecified atom stereocenters. The highest BCUT2D eigenvalue weighted by molar-refractivity contribution is 6.02. The Morgan fingerprint density at radius 3 is 3.04 bits per heavy atom. The third-order valence-corrected chi connectivity index (χ3v) is 3.74. The van der Waals surface area contributed by atoms with E-state index in [9.17, 15) is 9.59 Å². The van der Waals surface area contributed by atoms with E-state index in [1.165, 1.54) is 19.2 Å². The molecule has 0 aliphatic carbocycles. The number of nitrogens with one attached hydrogen (secondary N) is 1. The lowest BCUT2D eigenvalue weighted by Crippen LogP contribution is -2.23. The maximum atomic E-state index is 12.2. The van der Waals surface area contributed by atoms with Crippen molar-refractivity contribution in [3.8, 4) is 5.75 Å². The van der Waals surface area contributed by atoms with E-state index in [2.05, 4.69) is 10.4 Å². The van der Waals surface area contributed by atoms with Crippen LogP contribution in [0, 0.1) is 0 Å². The van der Waals surface area contributed by atoms with Gasteiger partial charge in [0, 0.05) is 31.5 Å². The Labute approximate surface area is 139 Å². The molecule has 1 amide bonds. The van der Waals surface area contributed by atoms with Crippen molar-refractivity contribution < 1.29 is 14.3 Å². The fraction of sp³-hybridized carbons (Fsp3) is 0.353. The summed E-state index contributed by atoms with van der Waals surface area (Å²) in [7, 11) is 1.50. The minimum atomic E-state index is -0.387. The first-order chi connectivity index (χ1) is 11.6. The lowest BCUT2D eigenvalue weighted by Gasteiger charge is -2.12. The zero-order valence-corrected chi connectivity index (χ0v) is 13.4. The van der Waals surface area contributed by atoms with Crippen LogP contribution in [0.5, 0.6) is 5.75 Å². The summed E-state index contributed by atoms with van der Waals surface area (Å²) in [5.74, 6) is 0.276. The first-order valence-corrected chi connectivity index (χ1v) is 7.82. The number of carbonyl (C=O) groups excluding carboxylic acids is 1. The Morgan fingerprint density at radius 1 is 1.42 bits per heavy atom. The molecule has 0 bridgehead atoms. The Kier molecular flexibility index (Phi) is 4.90. The molecule has 0 spiro atoms. The second kappa shape index (κ2) is 7.27. The molecular weight excluding hydrogens is 310 g/mol. The maximum Gasteiger partial charge on any atom is 0.276 e. The van der Waals surface area contributed by atoms with Gasteiger partial charge in [0.1, 0.15) is 18.1 Å². The van der Waals surface area contributed by atoms with Crippen LogP contribution >= 0.6 is 0 Å². The molecular formula is C17H19N3O4. The summed E-state index contributed by atoms with van der Waals surface area (Å²) >= 11 is 0. The van der Waals surface area contributed by atoms with Gasteiger partial charge in [0.15, 0.2) is 0 Å². The van der Waals surface area contributed by atoms with Crippen LogP contribution in [0.2, 0.25) is 0 Å². The molecule has 126 valence electrons. The summed E-state index contributed by atoms with van der Waals surface area (Å²) < 4.78 is 12.4. The van der Waals surface area contributed by atoms with E-state index in [-0.39, 0.29) is 23.3 Å². The molecule has 7 heteroatoms. The van der Waals surface area contributed by atoms with Crippen LogP contribution in [-0.2, 0) is 11.8 Å². The van der Waals surface area contributed by atoms with Gasteiger partial charge in [-0.15, -0.1) is 0 Å². The Hall–Kier alpha value is -2.67. The minimum Gasteiger partial charge on any atom is -0.491 e. The van der Waals surface area contributed by atoms with E-state index < -0.39 is 0 Å². The second-order valence-corrected chi connectivity index (χ2v) is 5.61. The normalized spacial score (nSPS) is 16.8. The number of benzene rings is 1. The Balaban J connectivity index is 1.63. The van der Waals surface area contributed by atoms with Crippen molar-refractivity contribution in [3.63, 3.8) is 0 Å². The lowest BCUT2D eigenvalue weighted by molar-refractivity contribution is 0.0680. The fourth-order valence-corrected chi connectivity index (χ4v) is 2.45. The van der Waals surface area contributed by atoms with E-state index in [0.29, 0.717) is 18.0 Å². The van der Waals surface area contributed by atoms with Gasteiger partial charge in [-0.1, -0.05) is 6.07 Å². The smallest absolute Gasteiger partial charge is 0.276 e. The predicted octanol–water partition coefficient (Wildman–Crippen LogP) is 1.59. The number of anilines is 1. The molecule has 3 rings (SSSR count). The first-order valence-electron chi connectivity index (χ1n) is 7.82. The van der Waals surface area contributed by atoms with Crippen molar-refractivity contribution in [2.24, 2.45) is 7.05 Å². The number of amides is 1. The Morgan fingerprint density at radius 2 is 2.29 bits per heavy atom. The van der Waals surface area contributed by atoms with E-state index in [1.54, 1.807) is 18.2 Å². The van der Waals surface area contributed by atoms with Gasteiger partial charge in [0.25, 0.3) is 11.5 Å². The molecule has 0 radical (unpaired) electrons. The van der Waals surface area contributed by atoms with Crippen molar-refractivity contribution in [2.45, 2.75) is 18.9 Å². The summed E-state index contributed by atoms with van der Waals surface area (Å²) in [4.78, 5) is 23.5. The van der Waals surface area contributed by atoms with Crippen LogP contribution in [-0.4, -0.2) is 35.0 Å². The van der Waals surface area contributed by atoms with Crippen molar-refractivity contribution in [1.29, 1.82) is 0 Å². The van der Waals surface area contributed by atoms with Crippen molar-refractivity contribution in [3.05, 3.63) is 52.4 Å². The van der Waals surface area contributed by atoms with Crippen LogP contribution in [0.1, 0.15) is 23.3 Å². The quantitative estimate of drug-likeness (QED) is 0.901. The number of aromatic nitrogens is 2. The molecule has 1 aliphatic rings. The highest BCUT2D eigenvalue weighted by atomic mass is 16.5. The summed E-state index contributed by atoms with van der Waals surface area (Å²) in [6.07, 6.45) is 2.21. The molecule has 2 aromatic rings. The standard InChI is InChI=1S/C17H19N3O4/c1-20-16(21)8-7-15(19-20)17(22)18-12-4-2-5-13(10-12)24-11-14-6-3-9-23-14/h2,4-5,7-8,10,14H,3,6,9,11H2,1H3,(H,18,22). The van der Waals surface area contributed by atoms with Crippen LogP contribution in [0.4, 0.5) is 5.69 Å². The monoisotopic (exact) mass is 329 g/mol. The number of hydrogen-bond acceptors (Lipinski definition) is 5.